The molecule has 2 aromatic heterocycles. The summed E-state index contributed by atoms with van der Waals surface area (Å²) in [6.45, 7) is 1.22. The zero-order valence-electron chi connectivity index (χ0n) is 23.4. The second kappa shape index (κ2) is 13.1. The number of alkyl halides is 5. The number of hydrogen-bond acceptors (Lipinski definition) is 7. The first-order chi connectivity index (χ1) is 20.3. The van der Waals surface area contributed by atoms with Gasteiger partial charge in [0, 0.05) is 25.7 Å². The largest absolute Gasteiger partial charge is 0.410 e. The van der Waals surface area contributed by atoms with Gasteiger partial charge >= 0.3 is 18.1 Å². The van der Waals surface area contributed by atoms with E-state index in [1.165, 1.54) is 31.6 Å². The van der Waals surface area contributed by atoms with Crippen molar-refractivity contribution in [3.63, 3.8) is 0 Å². The van der Waals surface area contributed by atoms with Crippen molar-refractivity contribution in [3.05, 3.63) is 48.2 Å². The number of ether oxygens (including phenoxy) is 1. The standard InChI is InChI=1S/C27H32F5N7O4/c1-15-3-5-16(6-4-15)22(38-24(41)26(28,29)19-12-33-9-10-34-19)23(40)37-21-11-17(7-8-35-21)18(14-43-2)39-13-20(27(30,31)32)36-25(39)42/h7-12,15-16,18,20,22H,3-6,13-14H2,1-2H3,(H,36,42)(H,38,41)(H,35,37,40)/t15?,16?,18-,20+,22+/m1/s1. The van der Waals surface area contributed by atoms with E-state index in [0.29, 0.717) is 24.3 Å². The maximum Gasteiger partial charge on any atom is 0.410 e. The Morgan fingerprint density at radius 2 is 1.84 bits per heavy atom. The molecule has 0 radical (unpaired) electrons. The number of carbonyl (C=O) groups is 3. The Hall–Kier alpha value is -3.95. The number of anilines is 1. The molecule has 0 aromatic carbocycles. The van der Waals surface area contributed by atoms with Crippen molar-refractivity contribution in [3.8, 4) is 0 Å². The lowest BCUT2D eigenvalue weighted by molar-refractivity contribution is -0.150. The van der Waals surface area contributed by atoms with Gasteiger partial charge in [0.1, 0.15) is 23.6 Å². The van der Waals surface area contributed by atoms with Crippen LogP contribution in [0, 0.1) is 11.8 Å². The number of methoxy groups -OCH3 is 1. The highest BCUT2D eigenvalue weighted by Gasteiger charge is 2.49. The third-order valence-corrected chi connectivity index (χ3v) is 7.72. The minimum atomic E-state index is -4.65. The van der Waals surface area contributed by atoms with Gasteiger partial charge in [-0.1, -0.05) is 19.8 Å². The molecule has 1 saturated heterocycles. The molecule has 3 N–H and O–H groups in total. The minimum Gasteiger partial charge on any atom is -0.382 e. The molecule has 43 heavy (non-hydrogen) atoms. The number of carbonyl (C=O) groups excluding carboxylic acids is 3. The van der Waals surface area contributed by atoms with E-state index in [4.69, 9.17) is 4.74 Å². The van der Waals surface area contributed by atoms with Gasteiger partial charge in [0.25, 0.3) is 5.91 Å². The molecule has 3 atom stereocenters. The topological polar surface area (TPSA) is 138 Å². The zero-order valence-corrected chi connectivity index (χ0v) is 23.4. The number of hydrogen-bond donors (Lipinski definition) is 3. The minimum absolute atomic E-state index is 0.0558. The SMILES string of the molecule is COC[C@H](c1ccnc(NC(=O)[C@@H](NC(=O)C(F)(F)c2cnccn2)C2CCC(C)CC2)c1)N1C[C@@H](C(F)(F)F)NC1=O. The summed E-state index contributed by atoms with van der Waals surface area (Å²) in [4.78, 5) is 50.9. The van der Waals surface area contributed by atoms with Gasteiger partial charge < -0.3 is 25.6 Å². The lowest BCUT2D eigenvalue weighted by atomic mass is 9.79. The molecule has 1 saturated carbocycles. The average Bonchev–Trinajstić information content (AvgIpc) is 3.37. The van der Waals surface area contributed by atoms with Gasteiger partial charge in [-0.15, -0.1) is 0 Å². The van der Waals surface area contributed by atoms with E-state index in [-0.39, 0.29) is 12.4 Å². The van der Waals surface area contributed by atoms with Crippen LogP contribution in [0.2, 0.25) is 0 Å². The number of pyridine rings is 1. The third-order valence-electron chi connectivity index (χ3n) is 7.72. The van der Waals surface area contributed by atoms with Crippen LogP contribution in [0.5, 0.6) is 0 Å². The van der Waals surface area contributed by atoms with E-state index in [0.717, 1.165) is 30.1 Å². The van der Waals surface area contributed by atoms with Crippen LogP contribution < -0.4 is 16.0 Å². The van der Waals surface area contributed by atoms with Gasteiger partial charge in [-0.2, -0.15) is 22.0 Å². The first-order valence-electron chi connectivity index (χ1n) is 13.7. The van der Waals surface area contributed by atoms with E-state index in [1.807, 2.05) is 12.2 Å². The van der Waals surface area contributed by atoms with Crippen LogP contribution in [0.15, 0.2) is 36.9 Å². The van der Waals surface area contributed by atoms with Gasteiger partial charge in [0.2, 0.25) is 5.91 Å². The summed E-state index contributed by atoms with van der Waals surface area (Å²) >= 11 is 0. The van der Waals surface area contributed by atoms with E-state index in [1.54, 1.807) is 0 Å². The molecule has 1 aliphatic carbocycles. The fourth-order valence-corrected chi connectivity index (χ4v) is 5.29. The predicted molar refractivity (Wildman–Crippen MR) is 142 cm³/mol. The van der Waals surface area contributed by atoms with Crippen molar-refractivity contribution in [2.45, 2.75) is 62.8 Å². The Morgan fingerprint density at radius 3 is 2.44 bits per heavy atom. The van der Waals surface area contributed by atoms with Crippen LogP contribution in [-0.2, 0) is 20.2 Å². The van der Waals surface area contributed by atoms with Crippen molar-refractivity contribution in [2.75, 3.05) is 25.6 Å². The number of nitrogens with zero attached hydrogens (tertiary/aromatic N) is 4. The van der Waals surface area contributed by atoms with Crippen LogP contribution in [0.25, 0.3) is 0 Å². The van der Waals surface area contributed by atoms with Crippen molar-refractivity contribution < 1.29 is 41.1 Å². The molecule has 2 aliphatic rings. The molecule has 16 heteroatoms. The fourth-order valence-electron chi connectivity index (χ4n) is 5.29. The highest BCUT2D eigenvalue weighted by Crippen LogP contribution is 2.34. The second-order valence-electron chi connectivity index (χ2n) is 10.8. The number of halogens is 5. The van der Waals surface area contributed by atoms with Gasteiger partial charge in [-0.3, -0.25) is 19.6 Å². The number of urea groups is 1. The number of rotatable bonds is 10. The third kappa shape index (κ3) is 7.53. The van der Waals surface area contributed by atoms with Gasteiger partial charge in [0.15, 0.2) is 0 Å². The maximum atomic E-state index is 14.9. The van der Waals surface area contributed by atoms with Crippen LogP contribution in [0.1, 0.15) is 49.9 Å². The molecule has 1 aliphatic heterocycles. The molecule has 2 fully saturated rings. The van der Waals surface area contributed by atoms with Crippen molar-refractivity contribution >= 4 is 23.7 Å². The van der Waals surface area contributed by atoms with Crippen molar-refractivity contribution in [2.24, 2.45) is 11.8 Å². The zero-order chi connectivity index (χ0) is 31.4. The van der Waals surface area contributed by atoms with Gasteiger partial charge in [-0.05, 0) is 42.4 Å². The smallest absolute Gasteiger partial charge is 0.382 e. The molecular formula is C27H32F5N7O4. The van der Waals surface area contributed by atoms with E-state index < -0.39 is 66.2 Å². The highest BCUT2D eigenvalue weighted by molar-refractivity contribution is 5.98. The lowest BCUT2D eigenvalue weighted by Crippen LogP contribution is -2.53. The Balaban J connectivity index is 1.55. The summed E-state index contributed by atoms with van der Waals surface area (Å²) in [5.41, 5.74) is -0.562. The summed E-state index contributed by atoms with van der Waals surface area (Å²) in [6, 6.07) is -2.51. The Kier molecular flexibility index (Phi) is 9.77. The van der Waals surface area contributed by atoms with E-state index >= 15 is 0 Å². The van der Waals surface area contributed by atoms with Crippen LogP contribution in [0.3, 0.4) is 0 Å². The molecule has 3 heterocycles. The molecule has 4 amide bonds. The second-order valence-corrected chi connectivity index (χ2v) is 10.8. The van der Waals surface area contributed by atoms with E-state index in [2.05, 4.69) is 25.6 Å². The van der Waals surface area contributed by atoms with Crippen LogP contribution in [0.4, 0.5) is 32.6 Å². The molecule has 0 unspecified atom stereocenters. The van der Waals surface area contributed by atoms with Crippen LogP contribution in [-0.4, -0.2) is 76.2 Å². The molecule has 0 bridgehead atoms. The molecule has 4 rings (SSSR count). The Morgan fingerprint density at radius 1 is 1.12 bits per heavy atom. The number of amides is 4. The van der Waals surface area contributed by atoms with Crippen molar-refractivity contribution in [1.82, 2.24) is 30.5 Å². The number of nitrogens with one attached hydrogen (secondary N) is 3. The molecular weight excluding hydrogens is 581 g/mol. The Bertz CT molecular complexity index is 1290. The molecule has 0 spiro atoms. The predicted octanol–water partition coefficient (Wildman–Crippen LogP) is 3.56. The quantitative estimate of drug-likeness (QED) is 0.349. The summed E-state index contributed by atoms with van der Waals surface area (Å²) in [6.07, 6.45) is 2.06. The summed E-state index contributed by atoms with van der Waals surface area (Å²) in [7, 11) is 1.32. The molecule has 234 valence electrons. The van der Waals surface area contributed by atoms with Crippen molar-refractivity contribution in [1.29, 1.82) is 0 Å². The Labute approximate surface area is 244 Å². The summed E-state index contributed by atoms with van der Waals surface area (Å²) < 4.78 is 74.8. The summed E-state index contributed by atoms with van der Waals surface area (Å²) in [5.74, 6) is -6.72. The highest BCUT2D eigenvalue weighted by atomic mass is 19.4. The lowest BCUT2D eigenvalue weighted by Gasteiger charge is -2.33. The van der Waals surface area contributed by atoms with Gasteiger partial charge in [-0.25, -0.2) is 9.78 Å². The fraction of sp³-hybridized carbons (Fsp3) is 0.556. The van der Waals surface area contributed by atoms with E-state index in [9.17, 15) is 36.3 Å². The molecule has 2 aromatic rings. The first-order valence-corrected chi connectivity index (χ1v) is 13.7. The first kappa shape index (κ1) is 32.0. The monoisotopic (exact) mass is 613 g/mol. The molecule has 11 nitrogen and oxygen atoms in total. The van der Waals surface area contributed by atoms with Crippen LogP contribution >= 0.6 is 0 Å². The normalized spacial score (nSPS) is 22.4. The maximum absolute atomic E-state index is 14.9. The number of aromatic nitrogens is 3. The van der Waals surface area contributed by atoms with Gasteiger partial charge in [0.05, 0.1) is 25.4 Å². The average molecular weight is 614 g/mol. The summed E-state index contributed by atoms with van der Waals surface area (Å²) in [5, 5.41) is 6.65.